The molecule has 0 aromatic rings. The van der Waals surface area contributed by atoms with Crippen LogP contribution in [-0.2, 0) is 19.2 Å². The number of carbonyl (C=O) groups is 4. The van der Waals surface area contributed by atoms with Crippen LogP contribution in [0.15, 0.2) is 0 Å². The number of fused-ring (bicyclic) bond motifs is 1. The second kappa shape index (κ2) is 9.06. The van der Waals surface area contributed by atoms with Crippen LogP contribution in [0.5, 0.6) is 0 Å². The van der Waals surface area contributed by atoms with E-state index in [0.717, 1.165) is 6.42 Å². The monoisotopic (exact) mass is 456 g/mol. The van der Waals surface area contributed by atoms with Gasteiger partial charge in [-0.1, -0.05) is 54.9 Å². The van der Waals surface area contributed by atoms with Crippen LogP contribution in [0.1, 0.15) is 61.3 Å². The molecule has 6 atom stereocenters. The predicted molar refractivity (Wildman–Crippen MR) is 119 cm³/mol. The first-order valence-corrected chi connectivity index (χ1v) is 11.4. The number of nitrogens with zero attached hydrogens (tertiary/aromatic N) is 1. The number of piperidine rings is 1. The van der Waals surface area contributed by atoms with Crippen molar-refractivity contribution in [1.29, 1.82) is 0 Å². The summed E-state index contributed by atoms with van der Waals surface area (Å²) in [5, 5.41) is 2.74. The van der Waals surface area contributed by atoms with Crippen molar-refractivity contribution in [3.63, 3.8) is 0 Å². The van der Waals surface area contributed by atoms with Crippen LogP contribution in [0.25, 0.3) is 0 Å². The van der Waals surface area contributed by atoms with E-state index in [-0.39, 0.29) is 29.1 Å². The standard InChI is InChI=1S/C22H37ClN4O4/c1-8-11(2)9-13(16(28)18(24)29)25-19(30)15-14-12(22(14,6)7)10-27(15)20(31)17(26-23)21(3,4)5/h11-15,17,26H,8-10H2,1-7H3,(H2,24,29)(H,25,30)/t11?,12-,13?,14-,15-,17+/m0/s1. The molecule has 176 valence electrons. The van der Waals surface area contributed by atoms with E-state index in [0.29, 0.717) is 13.0 Å². The Balaban J connectivity index is 2.29. The number of ketones is 1. The van der Waals surface area contributed by atoms with Gasteiger partial charge >= 0.3 is 0 Å². The summed E-state index contributed by atoms with van der Waals surface area (Å²) in [5.74, 6) is -2.25. The summed E-state index contributed by atoms with van der Waals surface area (Å²) in [4.78, 5) is 54.8. The lowest BCUT2D eigenvalue weighted by Crippen LogP contribution is -2.59. The van der Waals surface area contributed by atoms with E-state index in [1.807, 2.05) is 34.6 Å². The number of primary amides is 1. The van der Waals surface area contributed by atoms with Crippen molar-refractivity contribution in [2.75, 3.05) is 6.54 Å². The molecular formula is C22H37ClN4O4. The molecule has 8 nitrogen and oxygen atoms in total. The molecule has 0 bridgehead atoms. The number of Topliss-reactive ketones (excluding diaryl/α,β-unsaturated/α-hetero) is 1. The molecule has 3 amide bonds. The van der Waals surface area contributed by atoms with Gasteiger partial charge in [0.05, 0.1) is 6.04 Å². The lowest BCUT2D eigenvalue weighted by molar-refractivity contribution is -0.145. The Hall–Kier alpha value is -1.67. The fourth-order valence-electron chi connectivity index (χ4n) is 4.79. The molecule has 2 unspecified atom stereocenters. The highest BCUT2D eigenvalue weighted by molar-refractivity contribution is 6.37. The Kier molecular flexibility index (Phi) is 7.48. The van der Waals surface area contributed by atoms with Crippen LogP contribution in [0.4, 0.5) is 0 Å². The maximum atomic E-state index is 13.4. The Bertz CT molecular complexity index is 748. The average Bonchev–Trinajstić information content (AvgIpc) is 3.02. The zero-order valence-electron chi connectivity index (χ0n) is 19.6. The lowest BCUT2D eigenvalue weighted by Gasteiger charge is -2.37. The molecule has 0 spiro atoms. The first-order chi connectivity index (χ1) is 14.2. The van der Waals surface area contributed by atoms with Crippen LogP contribution in [0.3, 0.4) is 0 Å². The van der Waals surface area contributed by atoms with E-state index < -0.39 is 41.1 Å². The van der Waals surface area contributed by atoms with E-state index >= 15 is 0 Å². The molecule has 2 aliphatic rings. The summed E-state index contributed by atoms with van der Waals surface area (Å²) in [6, 6.07) is -2.39. The fourth-order valence-corrected chi connectivity index (χ4v) is 5.21. The Labute approximate surface area is 190 Å². The van der Waals surface area contributed by atoms with Crippen LogP contribution in [0, 0.1) is 28.6 Å². The molecule has 4 N–H and O–H groups in total. The van der Waals surface area contributed by atoms with Crippen LogP contribution >= 0.6 is 11.8 Å². The van der Waals surface area contributed by atoms with Crippen molar-refractivity contribution in [3.8, 4) is 0 Å². The SMILES string of the molecule is CCC(C)CC(NC(=O)[C@@H]1[C@@H]2[C@H](CN1C(=O)[C@@H](NCl)C(C)(C)C)C2(C)C)C(=O)C(N)=O. The predicted octanol–water partition coefficient (Wildman–Crippen LogP) is 1.60. The molecule has 1 heterocycles. The van der Waals surface area contributed by atoms with Crippen molar-refractivity contribution in [2.45, 2.75) is 79.4 Å². The summed E-state index contributed by atoms with van der Waals surface area (Å²) < 4.78 is 0. The topological polar surface area (TPSA) is 122 Å². The smallest absolute Gasteiger partial charge is 0.287 e. The first-order valence-electron chi connectivity index (χ1n) is 11.0. The number of amides is 3. The van der Waals surface area contributed by atoms with Gasteiger partial charge in [0, 0.05) is 6.54 Å². The van der Waals surface area contributed by atoms with Crippen molar-refractivity contribution >= 4 is 35.3 Å². The van der Waals surface area contributed by atoms with Crippen LogP contribution in [0.2, 0.25) is 0 Å². The number of hydrogen-bond acceptors (Lipinski definition) is 5. The van der Waals surface area contributed by atoms with Gasteiger partial charge in [-0.3, -0.25) is 19.2 Å². The largest absolute Gasteiger partial charge is 0.363 e. The van der Waals surface area contributed by atoms with Gasteiger partial charge in [0.2, 0.25) is 17.6 Å². The van der Waals surface area contributed by atoms with E-state index in [1.54, 1.807) is 4.90 Å². The van der Waals surface area contributed by atoms with Gasteiger partial charge in [0.1, 0.15) is 12.1 Å². The van der Waals surface area contributed by atoms with Crippen molar-refractivity contribution in [3.05, 3.63) is 0 Å². The number of rotatable bonds is 9. The molecule has 1 saturated heterocycles. The third kappa shape index (κ3) is 5.06. The molecule has 0 aromatic carbocycles. The van der Waals surface area contributed by atoms with E-state index in [1.165, 1.54) is 0 Å². The molecule has 1 saturated carbocycles. The summed E-state index contributed by atoms with van der Waals surface area (Å²) >= 11 is 5.90. The normalized spacial score (nSPS) is 27.1. The molecule has 2 fully saturated rings. The highest BCUT2D eigenvalue weighted by atomic mass is 35.5. The van der Waals surface area contributed by atoms with E-state index in [2.05, 4.69) is 24.0 Å². The van der Waals surface area contributed by atoms with Crippen LogP contribution < -0.4 is 15.9 Å². The Morgan fingerprint density at radius 2 is 1.81 bits per heavy atom. The van der Waals surface area contributed by atoms with Gasteiger partial charge in [-0.05, 0) is 46.8 Å². The van der Waals surface area contributed by atoms with Gasteiger partial charge < -0.3 is 16.0 Å². The molecular weight excluding hydrogens is 420 g/mol. The fraction of sp³-hybridized carbons (Fsp3) is 0.818. The molecule has 1 aliphatic carbocycles. The number of hydrogen-bond donors (Lipinski definition) is 3. The van der Waals surface area contributed by atoms with Crippen LogP contribution in [-0.4, -0.2) is 53.1 Å². The number of nitrogens with two attached hydrogens (primary N) is 1. The zero-order valence-corrected chi connectivity index (χ0v) is 20.4. The minimum absolute atomic E-state index is 0.0136. The highest BCUT2D eigenvalue weighted by Crippen LogP contribution is 2.65. The molecule has 0 aromatic heterocycles. The maximum Gasteiger partial charge on any atom is 0.287 e. The number of carbonyl (C=O) groups excluding carboxylic acids is 4. The highest BCUT2D eigenvalue weighted by Gasteiger charge is 2.69. The second-order valence-corrected chi connectivity index (χ2v) is 11.1. The molecule has 2 rings (SSSR count). The van der Waals surface area contributed by atoms with E-state index in [9.17, 15) is 19.2 Å². The van der Waals surface area contributed by atoms with Gasteiger partial charge in [-0.2, -0.15) is 0 Å². The first kappa shape index (κ1) is 25.6. The second-order valence-electron chi connectivity index (χ2n) is 10.8. The maximum absolute atomic E-state index is 13.4. The summed E-state index contributed by atoms with van der Waals surface area (Å²) in [6.07, 6.45) is 1.11. The average molecular weight is 457 g/mol. The van der Waals surface area contributed by atoms with Gasteiger partial charge in [-0.25, -0.2) is 4.84 Å². The Morgan fingerprint density at radius 3 is 2.26 bits per heavy atom. The van der Waals surface area contributed by atoms with Crippen molar-refractivity contribution < 1.29 is 19.2 Å². The molecule has 31 heavy (non-hydrogen) atoms. The van der Waals surface area contributed by atoms with Crippen molar-refractivity contribution in [2.24, 2.45) is 34.3 Å². The lowest BCUT2D eigenvalue weighted by atomic mass is 9.86. The summed E-state index contributed by atoms with van der Waals surface area (Å²) in [5.41, 5.74) is 4.68. The third-order valence-corrected chi connectivity index (χ3v) is 7.41. The molecule has 9 heteroatoms. The minimum atomic E-state index is -1.07. The van der Waals surface area contributed by atoms with Gasteiger partial charge in [0.25, 0.3) is 5.91 Å². The quantitative estimate of drug-likeness (QED) is 0.359. The summed E-state index contributed by atoms with van der Waals surface area (Å²) in [6.45, 7) is 14.2. The summed E-state index contributed by atoms with van der Waals surface area (Å²) in [7, 11) is 0. The number of nitrogens with one attached hydrogen (secondary N) is 2. The zero-order chi connectivity index (χ0) is 23.9. The molecule has 0 radical (unpaired) electrons. The Morgan fingerprint density at radius 1 is 1.23 bits per heavy atom. The van der Waals surface area contributed by atoms with Gasteiger partial charge in [0.15, 0.2) is 0 Å². The van der Waals surface area contributed by atoms with Gasteiger partial charge in [-0.15, -0.1) is 0 Å². The minimum Gasteiger partial charge on any atom is -0.363 e. The van der Waals surface area contributed by atoms with E-state index in [4.69, 9.17) is 17.5 Å². The number of likely N-dealkylation sites (tertiary alicyclic amines) is 1. The molecule has 1 aliphatic heterocycles. The van der Waals surface area contributed by atoms with Crippen molar-refractivity contribution in [1.82, 2.24) is 15.1 Å². The third-order valence-electron chi connectivity index (χ3n) is 7.19. The number of halogens is 1.